The second-order valence-electron chi connectivity index (χ2n) is 6.53. The standard InChI is InChI=1S/C21H18ClN3O3/c1-12-10-17-15(11-16(12)22)13(2)19(27-17)20(26)23-9-8-18-24-25-21(28-18)14-6-4-3-5-7-14/h3-7,10-11H,8-9H2,1-2H3,(H,23,26). The van der Waals surface area contributed by atoms with Gasteiger partial charge in [-0.05, 0) is 43.7 Å². The molecule has 6 nitrogen and oxygen atoms in total. The minimum absolute atomic E-state index is 0.284. The molecule has 2 aromatic heterocycles. The molecular weight excluding hydrogens is 378 g/mol. The molecule has 142 valence electrons. The molecule has 0 bridgehead atoms. The summed E-state index contributed by atoms with van der Waals surface area (Å²) in [6, 6.07) is 13.2. The van der Waals surface area contributed by atoms with Crippen molar-refractivity contribution in [1.29, 1.82) is 0 Å². The van der Waals surface area contributed by atoms with Crippen LogP contribution in [0.5, 0.6) is 0 Å². The maximum absolute atomic E-state index is 12.5. The van der Waals surface area contributed by atoms with Crippen LogP contribution in [0.1, 0.15) is 27.6 Å². The fourth-order valence-corrected chi connectivity index (χ4v) is 3.14. The van der Waals surface area contributed by atoms with E-state index in [2.05, 4.69) is 15.5 Å². The fraction of sp³-hybridized carbons (Fsp3) is 0.190. The van der Waals surface area contributed by atoms with Gasteiger partial charge in [0.05, 0.1) is 0 Å². The van der Waals surface area contributed by atoms with Gasteiger partial charge >= 0.3 is 0 Å². The van der Waals surface area contributed by atoms with E-state index >= 15 is 0 Å². The first-order chi connectivity index (χ1) is 13.5. The first kappa shape index (κ1) is 18.3. The van der Waals surface area contributed by atoms with E-state index in [1.807, 2.05) is 56.3 Å². The third kappa shape index (κ3) is 3.51. The number of benzene rings is 2. The second kappa shape index (κ2) is 7.48. The van der Waals surface area contributed by atoms with Gasteiger partial charge in [0.15, 0.2) is 5.76 Å². The van der Waals surface area contributed by atoms with E-state index in [0.29, 0.717) is 35.4 Å². The third-order valence-electron chi connectivity index (χ3n) is 4.54. The Morgan fingerprint density at radius 3 is 2.68 bits per heavy atom. The van der Waals surface area contributed by atoms with Crippen LogP contribution in [-0.4, -0.2) is 22.6 Å². The fourth-order valence-electron chi connectivity index (χ4n) is 2.97. The molecule has 0 saturated carbocycles. The zero-order valence-corrected chi connectivity index (χ0v) is 16.2. The summed E-state index contributed by atoms with van der Waals surface area (Å²) in [5.41, 5.74) is 3.17. The maximum Gasteiger partial charge on any atom is 0.287 e. The van der Waals surface area contributed by atoms with E-state index in [9.17, 15) is 4.79 Å². The van der Waals surface area contributed by atoms with Gasteiger partial charge in [-0.25, -0.2) is 0 Å². The summed E-state index contributed by atoms with van der Waals surface area (Å²) in [5, 5.41) is 12.4. The van der Waals surface area contributed by atoms with Crippen molar-refractivity contribution in [2.24, 2.45) is 0 Å². The van der Waals surface area contributed by atoms with Gasteiger partial charge in [0, 0.05) is 34.5 Å². The Bertz CT molecular complexity index is 1150. The Balaban J connectivity index is 1.42. The molecule has 4 rings (SSSR count). The lowest BCUT2D eigenvalue weighted by molar-refractivity contribution is 0.0927. The minimum atomic E-state index is -0.287. The first-order valence-corrected chi connectivity index (χ1v) is 9.26. The molecule has 0 spiro atoms. The van der Waals surface area contributed by atoms with Crippen molar-refractivity contribution >= 4 is 28.5 Å². The van der Waals surface area contributed by atoms with Crippen LogP contribution in [0.2, 0.25) is 5.02 Å². The molecule has 0 unspecified atom stereocenters. The lowest BCUT2D eigenvalue weighted by Gasteiger charge is -2.01. The molecule has 0 saturated heterocycles. The van der Waals surface area contributed by atoms with Gasteiger partial charge in [-0.3, -0.25) is 4.79 Å². The highest BCUT2D eigenvalue weighted by Gasteiger charge is 2.18. The molecule has 28 heavy (non-hydrogen) atoms. The average molecular weight is 396 g/mol. The van der Waals surface area contributed by atoms with Gasteiger partial charge in [0.2, 0.25) is 11.8 Å². The lowest BCUT2D eigenvalue weighted by atomic mass is 10.1. The predicted octanol–water partition coefficient (Wildman–Crippen LogP) is 4.73. The van der Waals surface area contributed by atoms with Crippen LogP contribution in [0.4, 0.5) is 0 Å². The molecule has 0 aliphatic heterocycles. The summed E-state index contributed by atoms with van der Waals surface area (Å²) in [7, 11) is 0. The van der Waals surface area contributed by atoms with Gasteiger partial charge in [-0.2, -0.15) is 0 Å². The van der Waals surface area contributed by atoms with Crippen molar-refractivity contribution in [2.75, 3.05) is 6.54 Å². The van der Waals surface area contributed by atoms with Crippen LogP contribution in [-0.2, 0) is 6.42 Å². The number of hydrogen-bond donors (Lipinski definition) is 1. The Morgan fingerprint density at radius 1 is 1.11 bits per heavy atom. The van der Waals surface area contributed by atoms with E-state index in [0.717, 1.165) is 22.1 Å². The van der Waals surface area contributed by atoms with Crippen LogP contribution in [0.25, 0.3) is 22.4 Å². The second-order valence-corrected chi connectivity index (χ2v) is 6.93. The number of carbonyl (C=O) groups is 1. The smallest absolute Gasteiger partial charge is 0.287 e. The molecule has 1 amide bonds. The van der Waals surface area contributed by atoms with Gasteiger partial charge in [-0.1, -0.05) is 29.8 Å². The predicted molar refractivity (Wildman–Crippen MR) is 106 cm³/mol. The number of furan rings is 1. The number of nitrogens with one attached hydrogen (secondary N) is 1. The number of nitrogens with zero attached hydrogens (tertiary/aromatic N) is 2. The molecule has 7 heteroatoms. The van der Waals surface area contributed by atoms with Crippen LogP contribution >= 0.6 is 11.6 Å². The van der Waals surface area contributed by atoms with E-state index < -0.39 is 0 Å². The Kier molecular flexibility index (Phi) is 4.88. The Morgan fingerprint density at radius 2 is 1.89 bits per heavy atom. The summed E-state index contributed by atoms with van der Waals surface area (Å²) in [5.74, 6) is 0.919. The van der Waals surface area contributed by atoms with Crippen LogP contribution < -0.4 is 5.32 Å². The average Bonchev–Trinajstić information content (AvgIpc) is 3.29. The summed E-state index contributed by atoms with van der Waals surface area (Å²) in [6.07, 6.45) is 0.426. The van der Waals surface area contributed by atoms with Crippen LogP contribution in [0.15, 0.2) is 51.3 Å². The van der Waals surface area contributed by atoms with Gasteiger partial charge in [0.25, 0.3) is 5.91 Å². The summed E-state index contributed by atoms with van der Waals surface area (Å²) in [6.45, 7) is 4.09. The van der Waals surface area contributed by atoms with E-state index in [1.54, 1.807) is 0 Å². The lowest BCUT2D eigenvalue weighted by Crippen LogP contribution is -2.25. The number of carbonyl (C=O) groups excluding carboxylic acids is 1. The molecule has 2 heterocycles. The summed E-state index contributed by atoms with van der Waals surface area (Å²) in [4.78, 5) is 12.5. The van der Waals surface area contributed by atoms with Crippen molar-refractivity contribution in [3.8, 4) is 11.5 Å². The van der Waals surface area contributed by atoms with Crippen LogP contribution in [0, 0.1) is 13.8 Å². The Hall–Kier alpha value is -3.12. The third-order valence-corrected chi connectivity index (χ3v) is 4.94. The van der Waals surface area contributed by atoms with Gasteiger partial charge in [-0.15, -0.1) is 10.2 Å². The summed E-state index contributed by atoms with van der Waals surface area (Å²) >= 11 is 6.18. The molecule has 1 N–H and O–H groups in total. The molecule has 0 aliphatic rings. The monoisotopic (exact) mass is 395 g/mol. The highest BCUT2D eigenvalue weighted by Crippen LogP contribution is 2.30. The van der Waals surface area contributed by atoms with E-state index in [4.69, 9.17) is 20.4 Å². The number of aromatic nitrogens is 2. The van der Waals surface area contributed by atoms with E-state index in [-0.39, 0.29) is 11.7 Å². The van der Waals surface area contributed by atoms with Crippen molar-refractivity contribution in [2.45, 2.75) is 20.3 Å². The highest BCUT2D eigenvalue weighted by molar-refractivity contribution is 6.32. The number of amides is 1. The van der Waals surface area contributed by atoms with Gasteiger partial charge < -0.3 is 14.2 Å². The molecular formula is C21H18ClN3O3. The van der Waals surface area contributed by atoms with Crippen molar-refractivity contribution in [3.05, 3.63) is 70.3 Å². The summed E-state index contributed by atoms with van der Waals surface area (Å²) < 4.78 is 11.4. The molecule has 0 atom stereocenters. The van der Waals surface area contributed by atoms with Crippen molar-refractivity contribution in [1.82, 2.24) is 15.5 Å². The zero-order chi connectivity index (χ0) is 19.7. The first-order valence-electron chi connectivity index (χ1n) is 8.88. The normalized spacial score (nSPS) is 11.1. The topological polar surface area (TPSA) is 81.2 Å². The number of fused-ring (bicyclic) bond motifs is 1. The largest absolute Gasteiger partial charge is 0.451 e. The number of hydrogen-bond acceptors (Lipinski definition) is 5. The Labute approximate surface area is 166 Å². The van der Waals surface area contributed by atoms with Crippen molar-refractivity contribution < 1.29 is 13.6 Å². The molecule has 0 fully saturated rings. The SMILES string of the molecule is Cc1cc2oc(C(=O)NCCc3nnc(-c4ccccc4)o3)c(C)c2cc1Cl. The van der Waals surface area contributed by atoms with Crippen molar-refractivity contribution in [3.63, 3.8) is 0 Å². The molecule has 0 radical (unpaired) electrons. The molecule has 2 aromatic carbocycles. The maximum atomic E-state index is 12.5. The zero-order valence-electron chi connectivity index (χ0n) is 15.5. The quantitative estimate of drug-likeness (QED) is 0.528. The van der Waals surface area contributed by atoms with Crippen LogP contribution in [0.3, 0.4) is 0 Å². The number of rotatable bonds is 5. The molecule has 4 aromatic rings. The highest BCUT2D eigenvalue weighted by atomic mass is 35.5. The van der Waals surface area contributed by atoms with E-state index in [1.165, 1.54) is 0 Å². The molecule has 0 aliphatic carbocycles. The number of halogens is 1. The minimum Gasteiger partial charge on any atom is -0.451 e. The number of aryl methyl sites for hydroxylation is 2. The van der Waals surface area contributed by atoms with Gasteiger partial charge in [0.1, 0.15) is 5.58 Å².